The van der Waals surface area contributed by atoms with E-state index in [2.05, 4.69) is 15.1 Å². The van der Waals surface area contributed by atoms with E-state index in [1.165, 1.54) is 10.5 Å². The van der Waals surface area contributed by atoms with Gasteiger partial charge in [0, 0.05) is 43.1 Å². The molecule has 1 amide bonds. The second-order valence-electron chi connectivity index (χ2n) is 6.76. The van der Waals surface area contributed by atoms with Crippen LogP contribution in [0.4, 0.5) is 18.9 Å². The Labute approximate surface area is 179 Å². The molecule has 1 saturated heterocycles. The Bertz CT molecular complexity index is 1070. The first kappa shape index (κ1) is 20.8. The molecule has 0 atom stereocenters. The summed E-state index contributed by atoms with van der Waals surface area (Å²) in [7, 11) is 0. The van der Waals surface area contributed by atoms with Gasteiger partial charge in [0.2, 0.25) is 5.91 Å². The number of carbonyl (C=O) groups excluding carboxylic acids is 1. The van der Waals surface area contributed by atoms with E-state index in [4.69, 9.17) is 11.6 Å². The highest BCUT2D eigenvalue weighted by atomic mass is 35.5. The molecule has 158 valence electrons. The van der Waals surface area contributed by atoms with Crippen molar-refractivity contribution < 1.29 is 18.0 Å². The first-order valence-corrected chi connectivity index (χ1v) is 10.5. The van der Waals surface area contributed by atoms with Crippen LogP contribution in [0, 0.1) is 0 Å². The van der Waals surface area contributed by atoms with Crippen LogP contribution < -0.4 is 4.90 Å². The predicted molar refractivity (Wildman–Crippen MR) is 109 cm³/mol. The summed E-state index contributed by atoms with van der Waals surface area (Å²) in [4.78, 5) is 16.5. The molecule has 1 fully saturated rings. The highest BCUT2D eigenvalue weighted by Crippen LogP contribution is 2.30. The number of thioether (sulfide) groups is 1. The Hall–Kier alpha value is -2.46. The van der Waals surface area contributed by atoms with E-state index in [0.717, 1.165) is 29.7 Å². The van der Waals surface area contributed by atoms with Gasteiger partial charge in [0.15, 0.2) is 10.8 Å². The minimum atomic E-state index is -4.46. The number of benzene rings is 1. The number of pyridine rings is 1. The highest BCUT2D eigenvalue weighted by molar-refractivity contribution is 7.99. The van der Waals surface area contributed by atoms with Crippen LogP contribution >= 0.6 is 23.4 Å². The van der Waals surface area contributed by atoms with Crippen LogP contribution in [-0.2, 0) is 11.0 Å². The summed E-state index contributed by atoms with van der Waals surface area (Å²) in [5, 5.41) is 8.69. The number of carbonyl (C=O) groups is 1. The number of aromatic nitrogens is 3. The first-order chi connectivity index (χ1) is 14.3. The highest BCUT2D eigenvalue weighted by Gasteiger charge is 2.31. The molecule has 3 aromatic rings. The maximum atomic E-state index is 13.0. The topological polar surface area (TPSA) is 53.7 Å². The molecule has 0 bridgehead atoms. The number of piperazine rings is 1. The van der Waals surface area contributed by atoms with Crippen LogP contribution in [0.15, 0.2) is 47.8 Å². The molecule has 1 aliphatic heterocycles. The molecule has 3 heterocycles. The molecule has 0 aliphatic carbocycles. The lowest BCUT2D eigenvalue weighted by molar-refractivity contribution is -0.138. The number of fused-ring (bicyclic) bond motifs is 1. The Morgan fingerprint density at radius 3 is 2.57 bits per heavy atom. The molecule has 0 radical (unpaired) electrons. The summed E-state index contributed by atoms with van der Waals surface area (Å²) >= 11 is 7.12. The van der Waals surface area contributed by atoms with Crippen molar-refractivity contribution >= 4 is 40.6 Å². The SMILES string of the molecule is O=C(CSc1nnc2ccc(C(F)(F)F)cn12)N1CCN(c2cccc(Cl)c2)CC1. The molecular weight excluding hydrogens is 439 g/mol. The minimum absolute atomic E-state index is 0.0776. The summed E-state index contributed by atoms with van der Waals surface area (Å²) in [5.41, 5.74) is 0.521. The number of alkyl halides is 3. The molecule has 0 unspecified atom stereocenters. The lowest BCUT2D eigenvalue weighted by Gasteiger charge is -2.36. The van der Waals surface area contributed by atoms with Crippen molar-refractivity contribution in [2.45, 2.75) is 11.3 Å². The number of hydrogen-bond acceptors (Lipinski definition) is 5. The van der Waals surface area contributed by atoms with Gasteiger partial charge in [-0.3, -0.25) is 9.20 Å². The van der Waals surface area contributed by atoms with Gasteiger partial charge in [-0.05, 0) is 30.3 Å². The van der Waals surface area contributed by atoms with E-state index in [1.54, 1.807) is 4.90 Å². The molecule has 1 aromatic carbocycles. The van der Waals surface area contributed by atoms with Gasteiger partial charge in [-0.2, -0.15) is 13.2 Å². The molecular formula is C19H17ClF3N5OS. The zero-order valence-corrected chi connectivity index (χ0v) is 17.2. The van der Waals surface area contributed by atoms with Crippen molar-refractivity contribution in [1.82, 2.24) is 19.5 Å². The van der Waals surface area contributed by atoms with Gasteiger partial charge in [0.05, 0.1) is 11.3 Å². The quantitative estimate of drug-likeness (QED) is 0.559. The Kier molecular flexibility index (Phi) is 5.79. The van der Waals surface area contributed by atoms with Gasteiger partial charge < -0.3 is 9.80 Å². The molecule has 30 heavy (non-hydrogen) atoms. The Morgan fingerprint density at radius 1 is 1.10 bits per heavy atom. The van der Waals surface area contributed by atoms with Gasteiger partial charge in [-0.15, -0.1) is 10.2 Å². The zero-order chi connectivity index (χ0) is 21.3. The second kappa shape index (κ2) is 8.35. The molecule has 0 N–H and O–H groups in total. The Balaban J connectivity index is 1.36. The third-order valence-corrected chi connectivity index (χ3v) is 5.99. The maximum Gasteiger partial charge on any atom is 0.417 e. The molecule has 0 saturated carbocycles. The summed E-state index contributed by atoms with van der Waals surface area (Å²) < 4.78 is 40.1. The van der Waals surface area contributed by atoms with Crippen LogP contribution in [0.25, 0.3) is 5.65 Å². The summed E-state index contributed by atoms with van der Waals surface area (Å²) in [5.74, 6) is -0.0109. The first-order valence-electron chi connectivity index (χ1n) is 9.14. The number of rotatable bonds is 4. The van der Waals surface area contributed by atoms with Gasteiger partial charge >= 0.3 is 6.18 Å². The summed E-state index contributed by atoms with van der Waals surface area (Å²) in [6.45, 7) is 2.48. The molecule has 1 aliphatic rings. The van der Waals surface area contributed by atoms with Crippen LogP contribution in [0.3, 0.4) is 0 Å². The van der Waals surface area contributed by atoms with Crippen molar-refractivity contribution in [2.24, 2.45) is 0 Å². The van der Waals surface area contributed by atoms with Crippen molar-refractivity contribution in [3.8, 4) is 0 Å². The molecule has 2 aromatic heterocycles. The van der Waals surface area contributed by atoms with Crippen molar-refractivity contribution in [3.05, 3.63) is 53.2 Å². The van der Waals surface area contributed by atoms with E-state index in [9.17, 15) is 18.0 Å². The fraction of sp³-hybridized carbons (Fsp3) is 0.316. The fourth-order valence-electron chi connectivity index (χ4n) is 3.24. The van der Waals surface area contributed by atoms with Gasteiger partial charge in [0.1, 0.15) is 0 Å². The minimum Gasteiger partial charge on any atom is -0.368 e. The lowest BCUT2D eigenvalue weighted by atomic mass is 10.2. The van der Waals surface area contributed by atoms with Crippen molar-refractivity contribution in [2.75, 3.05) is 36.8 Å². The van der Waals surface area contributed by atoms with E-state index < -0.39 is 11.7 Å². The molecule has 4 rings (SSSR count). The third-order valence-electron chi connectivity index (χ3n) is 4.83. The molecule has 0 spiro atoms. The van der Waals surface area contributed by atoms with E-state index in [-0.39, 0.29) is 16.8 Å². The average Bonchev–Trinajstić information content (AvgIpc) is 3.14. The zero-order valence-electron chi connectivity index (χ0n) is 15.6. The van der Waals surface area contributed by atoms with Crippen LogP contribution in [0.2, 0.25) is 5.02 Å². The number of halogens is 4. The summed E-state index contributed by atoms with van der Waals surface area (Å²) in [6, 6.07) is 9.79. The molecule has 6 nitrogen and oxygen atoms in total. The van der Waals surface area contributed by atoms with Crippen LogP contribution in [-0.4, -0.2) is 57.3 Å². The summed E-state index contributed by atoms with van der Waals surface area (Å²) in [6.07, 6.45) is -3.51. The number of anilines is 1. The number of hydrogen-bond donors (Lipinski definition) is 0. The van der Waals surface area contributed by atoms with E-state index in [1.807, 2.05) is 24.3 Å². The van der Waals surface area contributed by atoms with Gasteiger partial charge in [-0.1, -0.05) is 29.4 Å². The van der Waals surface area contributed by atoms with Crippen molar-refractivity contribution in [1.29, 1.82) is 0 Å². The fourth-order valence-corrected chi connectivity index (χ4v) is 4.24. The molecule has 11 heteroatoms. The van der Waals surface area contributed by atoms with Crippen molar-refractivity contribution in [3.63, 3.8) is 0 Å². The van der Waals surface area contributed by atoms with Crippen LogP contribution in [0.5, 0.6) is 0 Å². The average molecular weight is 456 g/mol. The van der Waals surface area contributed by atoms with Gasteiger partial charge in [0.25, 0.3) is 0 Å². The second-order valence-corrected chi connectivity index (χ2v) is 8.14. The van der Waals surface area contributed by atoms with E-state index >= 15 is 0 Å². The number of nitrogens with zero attached hydrogens (tertiary/aromatic N) is 5. The van der Waals surface area contributed by atoms with Gasteiger partial charge in [-0.25, -0.2) is 0 Å². The largest absolute Gasteiger partial charge is 0.417 e. The lowest BCUT2D eigenvalue weighted by Crippen LogP contribution is -2.49. The normalized spacial score (nSPS) is 15.1. The van der Waals surface area contributed by atoms with Crippen LogP contribution in [0.1, 0.15) is 5.56 Å². The number of amides is 1. The monoisotopic (exact) mass is 455 g/mol. The smallest absolute Gasteiger partial charge is 0.368 e. The standard InChI is InChI=1S/C19H17ClF3N5OS/c20-14-2-1-3-15(10-14)26-6-8-27(9-7-26)17(29)12-30-18-25-24-16-5-4-13(11-28(16)18)19(21,22)23/h1-5,10-11H,6-9,12H2. The third kappa shape index (κ3) is 4.49. The Morgan fingerprint density at radius 2 is 1.87 bits per heavy atom. The maximum absolute atomic E-state index is 13.0. The predicted octanol–water partition coefficient (Wildman–Crippen LogP) is 3.84. The van der Waals surface area contributed by atoms with E-state index in [0.29, 0.717) is 36.8 Å².